The molecule has 2 heterocycles. The van der Waals surface area contributed by atoms with E-state index in [0.717, 1.165) is 25.2 Å². The van der Waals surface area contributed by atoms with Gasteiger partial charge in [0.2, 0.25) is 0 Å². The largest absolute Gasteiger partial charge is 0.473 e. The molecule has 2 rings (SSSR count). The minimum absolute atomic E-state index is 1.01. The van der Waals surface area contributed by atoms with Crippen molar-refractivity contribution in [2.24, 2.45) is 0 Å². The first-order valence-corrected chi connectivity index (χ1v) is 5.85. The second kappa shape index (κ2) is 6.82. The van der Waals surface area contributed by atoms with Crippen LogP contribution in [-0.4, -0.2) is 55.9 Å². The van der Waals surface area contributed by atoms with Crippen LogP contribution in [0.4, 0.5) is 0 Å². The smallest absolute Gasteiger partial charge is 0.414 e. The van der Waals surface area contributed by atoms with Crippen LogP contribution in [0.1, 0.15) is 12.1 Å². The summed E-state index contributed by atoms with van der Waals surface area (Å²) in [4.78, 5) is 20.5. The van der Waals surface area contributed by atoms with Crippen molar-refractivity contribution < 1.29 is 19.8 Å². The third-order valence-electron chi connectivity index (χ3n) is 2.22. The zero-order valence-corrected chi connectivity index (χ0v) is 10.6. The summed E-state index contributed by atoms with van der Waals surface area (Å²) in [5.74, 6) is -3.65. The van der Waals surface area contributed by atoms with Crippen molar-refractivity contribution >= 4 is 29.2 Å². The molecule has 0 radical (unpaired) electrons. The molecule has 0 fully saturated rings. The van der Waals surface area contributed by atoms with Gasteiger partial charge in [0, 0.05) is 13.1 Å². The van der Waals surface area contributed by atoms with Crippen molar-refractivity contribution in [1.29, 1.82) is 0 Å². The third-order valence-corrected chi connectivity index (χ3v) is 2.69. The van der Waals surface area contributed by atoms with E-state index in [4.69, 9.17) is 19.8 Å². The summed E-state index contributed by atoms with van der Waals surface area (Å²) in [5, 5.41) is 14.8. The van der Waals surface area contributed by atoms with Crippen LogP contribution < -0.4 is 0 Å². The Balaban J connectivity index is 0.000000232. The van der Waals surface area contributed by atoms with Crippen molar-refractivity contribution in [1.82, 2.24) is 13.6 Å². The van der Waals surface area contributed by atoms with Crippen LogP contribution in [0.25, 0.3) is 5.57 Å². The average molecular weight is 271 g/mol. The normalized spacial score (nSPS) is 15.3. The minimum atomic E-state index is -1.82. The Bertz CT molecular complexity index is 432. The number of aliphatic carboxylic acids is 2. The molecule has 0 aromatic carbocycles. The quantitative estimate of drug-likeness (QED) is 0.713. The number of hydrogen-bond donors (Lipinski definition) is 2. The number of aromatic nitrogens is 2. The Morgan fingerprint density at radius 1 is 1.39 bits per heavy atom. The molecule has 7 nitrogen and oxygen atoms in total. The first kappa shape index (κ1) is 14.3. The Morgan fingerprint density at radius 2 is 2.06 bits per heavy atom. The first-order chi connectivity index (χ1) is 8.50. The first-order valence-electron chi connectivity index (χ1n) is 5.12. The maximum atomic E-state index is 9.10. The Labute approximate surface area is 108 Å². The number of likely N-dealkylation sites (N-methyl/N-ethyl adjacent to an activating group) is 1. The van der Waals surface area contributed by atoms with E-state index in [1.54, 1.807) is 0 Å². The minimum Gasteiger partial charge on any atom is -0.473 e. The Hall–Kier alpha value is -1.80. The van der Waals surface area contributed by atoms with Gasteiger partial charge in [-0.25, -0.2) is 9.59 Å². The summed E-state index contributed by atoms with van der Waals surface area (Å²) >= 11 is 1.28. The zero-order valence-electron chi connectivity index (χ0n) is 9.74. The highest BCUT2D eigenvalue weighted by atomic mass is 32.1. The van der Waals surface area contributed by atoms with Gasteiger partial charge in [-0.3, -0.25) is 0 Å². The highest BCUT2D eigenvalue weighted by molar-refractivity contribution is 6.99. The standard InChI is InChI=1S/C8H11N3S.C2H2O4/c1-11-4-2-3-7(6-11)8-5-9-12-10-8;3-1(4)2(5)6/h3,5H,2,4,6H2,1H3;(H,3,4)(H,5,6). The van der Waals surface area contributed by atoms with E-state index in [-0.39, 0.29) is 0 Å². The number of carboxylic acid groups (broad SMARTS) is 2. The second-order valence-corrected chi connectivity index (χ2v) is 4.22. The van der Waals surface area contributed by atoms with Crippen molar-refractivity contribution in [3.8, 4) is 0 Å². The number of hydrogen-bond acceptors (Lipinski definition) is 6. The molecular weight excluding hydrogens is 258 g/mol. The predicted octanol–water partition coefficient (Wildman–Crippen LogP) is 0.413. The van der Waals surface area contributed by atoms with Crippen molar-refractivity contribution in [2.75, 3.05) is 20.1 Å². The van der Waals surface area contributed by atoms with E-state index in [9.17, 15) is 0 Å². The maximum absolute atomic E-state index is 9.10. The second-order valence-electron chi connectivity index (χ2n) is 3.66. The maximum Gasteiger partial charge on any atom is 0.414 e. The summed E-state index contributed by atoms with van der Waals surface area (Å²) < 4.78 is 8.20. The molecule has 0 saturated carbocycles. The molecule has 0 unspecified atom stereocenters. The predicted molar refractivity (Wildman–Crippen MR) is 65.3 cm³/mol. The lowest BCUT2D eigenvalue weighted by atomic mass is 10.1. The highest BCUT2D eigenvalue weighted by Gasteiger charge is 2.11. The molecule has 0 amide bonds. The van der Waals surface area contributed by atoms with Gasteiger partial charge < -0.3 is 15.1 Å². The molecule has 2 N–H and O–H groups in total. The fourth-order valence-electron chi connectivity index (χ4n) is 1.39. The SMILES string of the molecule is CN1CCC=C(c2cnsn2)C1.O=C(O)C(=O)O. The molecule has 1 aliphatic heterocycles. The molecule has 0 spiro atoms. The van der Waals surface area contributed by atoms with Crippen LogP contribution in [0.5, 0.6) is 0 Å². The summed E-state index contributed by atoms with van der Waals surface area (Å²) in [6.45, 7) is 2.16. The number of carbonyl (C=O) groups is 2. The molecule has 8 heteroatoms. The number of rotatable bonds is 1. The third kappa shape index (κ3) is 4.60. The van der Waals surface area contributed by atoms with Crippen molar-refractivity contribution in [2.45, 2.75) is 6.42 Å². The van der Waals surface area contributed by atoms with Crippen LogP contribution in [0.15, 0.2) is 12.3 Å². The molecule has 18 heavy (non-hydrogen) atoms. The Morgan fingerprint density at radius 3 is 2.50 bits per heavy atom. The van der Waals surface area contributed by atoms with E-state index >= 15 is 0 Å². The van der Waals surface area contributed by atoms with E-state index in [1.165, 1.54) is 17.3 Å². The molecule has 0 atom stereocenters. The fraction of sp³-hybridized carbons (Fsp3) is 0.400. The zero-order chi connectivity index (χ0) is 13.5. The van der Waals surface area contributed by atoms with Crippen LogP contribution in [-0.2, 0) is 9.59 Å². The molecule has 1 aromatic heterocycles. The lowest BCUT2D eigenvalue weighted by molar-refractivity contribution is -0.159. The summed E-state index contributed by atoms with van der Waals surface area (Å²) in [7, 11) is 2.13. The van der Waals surface area contributed by atoms with Gasteiger partial charge in [-0.1, -0.05) is 6.08 Å². The summed E-state index contributed by atoms with van der Waals surface area (Å²) in [6, 6.07) is 0. The molecule has 0 aliphatic carbocycles. The van der Waals surface area contributed by atoms with Crippen LogP contribution in [0.2, 0.25) is 0 Å². The van der Waals surface area contributed by atoms with Crippen LogP contribution in [0, 0.1) is 0 Å². The van der Waals surface area contributed by atoms with E-state index in [1.807, 2.05) is 6.20 Å². The molecule has 1 aliphatic rings. The van der Waals surface area contributed by atoms with Crippen LogP contribution in [0.3, 0.4) is 0 Å². The molecule has 0 saturated heterocycles. The molecule has 1 aromatic rings. The Kier molecular flexibility index (Phi) is 5.40. The van der Waals surface area contributed by atoms with Gasteiger partial charge in [0.25, 0.3) is 0 Å². The van der Waals surface area contributed by atoms with Crippen LogP contribution >= 0.6 is 11.7 Å². The van der Waals surface area contributed by atoms with Gasteiger partial charge in [-0.05, 0) is 19.0 Å². The van der Waals surface area contributed by atoms with E-state index < -0.39 is 11.9 Å². The van der Waals surface area contributed by atoms with Gasteiger partial charge in [0.15, 0.2) is 0 Å². The number of nitrogens with zero attached hydrogens (tertiary/aromatic N) is 3. The van der Waals surface area contributed by atoms with Gasteiger partial charge in [-0.15, -0.1) is 0 Å². The van der Waals surface area contributed by atoms with Gasteiger partial charge in [0.05, 0.1) is 17.9 Å². The van der Waals surface area contributed by atoms with Gasteiger partial charge >= 0.3 is 11.9 Å². The lowest BCUT2D eigenvalue weighted by Crippen LogP contribution is -2.24. The lowest BCUT2D eigenvalue weighted by Gasteiger charge is -2.21. The van der Waals surface area contributed by atoms with Gasteiger partial charge in [0.1, 0.15) is 5.69 Å². The van der Waals surface area contributed by atoms with Gasteiger partial charge in [-0.2, -0.15) is 8.75 Å². The molecule has 98 valence electrons. The number of carboxylic acids is 2. The van der Waals surface area contributed by atoms with Crippen molar-refractivity contribution in [3.05, 3.63) is 18.0 Å². The summed E-state index contributed by atoms with van der Waals surface area (Å²) in [5.41, 5.74) is 2.36. The highest BCUT2D eigenvalue weighted by Crippen LogP contribution is 2.17. The molecular formula is C10H13N3O4S. The fourth-order valence-corrected chi connectivity index (χ4v) is 1.83. The van der Waals surface area contributed by atoms with E-state index in [0.29, 0.717) is 0 Å². The average Bonchev–Trinajstić information content (AvgIpc) is 2.83. The topological polar surface area (TPSA) is 104 Å². The summed E-state index contributed by atoms with van der Waals surface area (Å²) in [6.07, 6.45) is 5.23. The van der Waals surface area contributed by atoms with Crippen molar-refractivity contribution in [3.63, 3.8) is 0 Å². The monoisotopic (exact) mass is 271 g/mol. The molecule has 0 bridgehead atoms. The van der Waals surface area contributed by atoms with E-state index in [2.05, 4.69) is 26.8 Å².